The first-order chi connectivity index (χ1) is 16.0. The molecule has 3 aromatic rings. The number of nitrogens with zero attached hydrogens (tertiary/aromatic N) is 3. The summed E-state index contributed by atoms with van der Waals surface area (Å²) in [6, 6.07) is 13.3. The van der Waals surface area contributed by atoms with Crippen LogP contribution in [0.15, 0.2) is 59.7 Å². The monoisotopic (exact) mass is 465 g/mol. The molecule has 0 unspecified atom stereocenters. The summed E-state index contributed by atoms with van der Waals surface area (Å²) in [4.78, 5) is 19.1. The molecular weight excluding hydrogens is 441 g/mol. The number of likely N-dealkylation sites (tertiary alicyclic amines) is 1. The first-order valence-corrected chi connectivity index (χ1v) is 11.6. The molecule has 2 aliphatic rings. The molecule has 1 aromatic carbocycles. The van der Waals surface area contributed by atoms with Gasteiger partial charge in [-0.1, -0.05) is 29.8 Å². The molecule has 0 bridgehead atoms. The van der Waals surface area contributed by atoms with Gasteiger partial charge in [-0.15, -0.1) is 0 Å². The molecule has 1 aliphatic carbocycles. The lowest BCUT2D eigenvalue weighted by Gasteiger charge is -2.20. The van der Waals surface area contributed by atoms with Crippen LogP contribution in [0, 0.1) is 0 Å². The number of hydrogen-bond donors (Lipinski definition) is 0. The van der Waals surface area contributed by atoms with Crippen molar-refractivity contribution in [3.8, 4) is 5.75 Å². The molecule has 0 spiro atoms. The van der Waals surface area contributed by atoms with Crippen LogP contribution in [0.25, 0.3) is 11.8 Å². The lowest BCUT2D eigenvalue weighted by Crippen LogP contribution is -2.21. The number of fused-ring (bicyclic) bond motifs is 1. The molecule has 0 amide bonds. The van der Waals surface area contributed by atoms with E-state index in [9.17, 15) is 9.18 Å². The van der Waals surface area contributed by atoms with Gasteiger partial charge in [-0.2, -0.15) is 0 Å². The Hall–Kier alpha value is -2.96. The molecule has 1 saturated heterocycles. The number of hydrogen-bond acceptors (Lipinski definition) is 4. The Balaban J connectivity index is 1.27. The van der Waals surface area contributed by atoms with Crippen LogP contribution < -0.4 is 10.3 Å². The first-order valence-electron chi connectivity index (χ1n) is 11.2. The van der Waals surface area contributed by atoms with Gasteiger partial charge in [-0.05, 0) is 60.2 Å². The summed E-state index contributed by atoms with van der Waals surface area (Å²) in [5, 5.41) is 0.571. The molecular formula is C26H25ClFN3O2. The standard InChI is InChI=1S/C26H25ClFN3O2/c27-21-4-5-23(29-14-21)17-33-25-8-10-31(26(32)13-25)24-6-3-19-11-18(1-2-20(19)12-24)15-30-9-7-22(28)16-30/h1-2,4-5,8,10-14,22H,3,6-7,9,15-17H2/t22-/m1/s1. The molecule has 0 saturated carbocycles. The molecule has 0 N–H and O–H groups in total. The molecule has 5 nitrogen and oxygen atoms in total. The minimum absolute atomic E-state index is 0.127. The Morgan fingerprint density at radius 3 is 2.82 bits per heavy atom. The molecule has 1 fully saturated rings. The van der Waals surface area contributed by atoms with Gasteiger partial charge in [0.25, 0.3) is 5.56 Å². The molecule has 170 valence electrons. The molecule has 7 heteroatoms. The van der Waals surface area contributed by atoms with E-state index in [0.29, 0.717) is 23.7 Å². The maximum atomic E-state index is 13.5. The fourth-order valence-electron chi connectivity index (χ4n) is 4.44. The Morgan fingerprint density at radius 2 is 2.06 bits per heavy atom. The number of pyridine rings is 2. The van der Waals surface area contributed by atoms with Gasteiger partial charge in [-0.25, -0.2) is 4.39 Å². The third-order valence-electron chi connectivity index (χ3n) is 6.18. The highest BCUT2D eigenvalue weighted by molar-refractivity contribution is 6.30. The largest absolute Gasteiger partial charge is 0.487 e. The fourth-order valence-corrected chi connectivity index (χ4v) is 4.56. The Labute approximate surface area is 197 Å². The van der Waals surface area contributed by atoms with Crippen molar-refractivity contribution in [2.75, 3.05) is 13.1 Å². The highest BCUT2D eigenvalue weighted by Crippen LogP contribution is 2.28. The number of alkyl halides is 1. The number of halogens is 2. The minimum atomic E-state index is -0.697. The quantitative estimate of drug-likeness (QED) is 0.516. The van der Waals surface area contributed by atoms with Gasteiger partial charge in [0, 0.05) is 43.8 Å². The van der Waals surface area contributed by atoms with E-state index in [-0.39, 0.29) is 12.2 Å². The van der Waals surface area contributed by atoms with Gasteiger partial charge in [-0.3, -0.25) is 19.2 Å². The Morgan fingerprint density at radius 1 is 1.15 bits per heavy atom. The SMILES string of the molecule is O=c1cc(OCc2ccc(Cl)cn2)ccn1C1=Cc2ccc(CN3CC[C@@H](F)C3)cc2CC1. The number of rotatable bonds is 6. The minimum Gasteiger partial charge on any atom is -0.487 e. The van der Waals surface area contributed by atoms with E-state index in [1.807, 2.05) is 0 Å². The van der Waals surface area contributed by atoms with Crippen LogP contribution in [0.4, 0.5) is 4.39 Å². The smallest absolute Gasteiger partial charge is 0.258 e. The predicted octanol–water partition coefficient (Wildman–Crippen LogP) is 4.96. The highest BCUT2D eigenvalue weighted by Gasteiger charge is 2.22. The van der Waals surface area contributed by atoms with Gasteiger partial charge < -0.3 is 4.74 Å². The van der Waals surface area contributed by atoms with E-state index in [0.717, 1.165) is 42.9 Å². The van der Waals surface area contributed by atoms with Crippen molar-refractivity contribution in [3.63, 3.8) is 0 Å². The molecule has 0 radical (unpaired) electrons. The lowest BCUT2D eigenvalue weighted by atomic mass is 9.93. The fraction of sp³-hybridized carbons (Fsp3) is 0.308. The van der Waals surface area contributed by atoms with Crippen LogP contribution in [0.2, 0.25) is 5.02 Å². The van der Waals surface area contributed by atoms with Crippen LogP contribution in [0.3, 0.4) is 0 Å². The Kier molecular flexibility index (Phi) is 6.29. The van der Waals surface area contributed by atoms with E-state index in [4.69, 9.17) is 16.3 Å². The van der Waals surface area contributed by atoms with Gasteiger partial charge in [0.15, 0.2) is 0 Å². The molecule has 3 heterocycles. The van der Waals surface area contributed by atoms with Gasteiger partial charge >= 0.3 is 0 Å². The number of ether oxygens (including phenoxy) is 1. The van der Waals surface area contributed by atoms with E-state index in [1.54, 1.807) is 35.2 Å². The van der Waals surface area contributed by atoms with E-state index < -0.39 is 6.17 Å². The summed E-state index contributed by atoms with van der Waals surface area (Å²) >= 11 is 5.85. The first kappa shape index (κ1) is 21.9. The van der Waals surface area contributed by atoms with E-state index in [2.05, 4.69) is 34.2 Å². The van der Waals surface area contributed by atoms with Crippen molar-refractivity contribution in [1.29, 1.82) is 0 Å². The highest BCUT2D eigenvalue weighted by atomic mass is 35.5. The second kappa shape index (κ2) is 9.49. The second-order valence-corrected chi connectivity index (χ2v) is 9.05. The van der Waals surface area contributed by atoms with E-state index in [1.165, 1.54) is 17.2 Å². The van der Waals surface area contributed by atoms with Gasteiger partial charge in [0.1, 0.15) is 18.5 Å². The average molecular weight is 466 g/mol. The van der Waals surface area contributed by atoms with Crippen molar-refractivity contribution in [3.05, 3.63) is 92.6 Å². The van der Waals surface area contributed by atoms with E-state index >= 15 is 0 Å². The van der Waals surface area contributed by atoms with Crippen LogP contribution >= 0.6 is 11.6 Å². The number of aromatic nitrogens is 2. The average Bonchev–Trinajstić information content (AvgIpc) is 3.23. The third-order valence-corrected chi connectivity index (χ3v) is 6.40. The molecule has 33 heavy (non-hydrogen) atoms. The van der Waals surface area contributed by atoms with Crippen LogP contribution in [0.5, 0.6) is 5.75 Å². The molecule has 1 aliphatic heterocycles. The number of benzene rings is 1. The van der Waals surface area contributed by atoms with Crippen molar-refractivity contribution >= 4 is 23.4 Å². The summed E-state index contributed by atoms with van der Waals surface area (Å²) in [5.41, 5.74) is 5.20. The molecule has 1 atom stereocenters. The summed E-state index contributed by atoms with van der Waals surface area (Å²) in [7, 11) is 0. The van der Waals surface area contributed by atoms with Crippen LogP contribution in [-0.4, -0.2) is 33.7 Å². The molecule has 5 rings (SSSR count). The zero-order valence-corrected chi connectivity index (χ0v) is 19.0. The maximum Gasteiger partial charge on any atom is 0.258 e. The summed E-state index contributed by atoms with van der Waals surface area (Å²) in [6.45, 7) is 2.40. The van der Waals surface area contributed by atoms with Crippen LogP contribution in [-0.2, 0) is 19.6 Å². The topological polar surface area (TPSA) is 47.4 Å². The van der Waals surface area contributed by atoms with Crippen molar-refractivity contribution in [2.45, 2.75) is 38.6 Å². The second-order valence-electron chi connectivity index (χ2n) is 8.62. The molecule has 2 aromatic heterocycles. The predicted molar refractivity (Wildman–Crippen MR) is 128 cm³/mol. The zero-order valence-electron chi connectivity index (χ0n) is 18.2. The summed E-state index contributed by atoms with van der Waals surface area (Å²) in [6.07, 6.45) is 7.00. The summed E-state index contributed by atoms with van der Waals surface area (Å²) < 4.78 is 20.8. The maximum absolute atomic E-state index is 13.5. The number of aryl methyl sites for hydroxylation is 1. The van der Waals surface area contributed by atoms with Gasteiger partial charge in [0.05, 0.1) is 10.7 Å². The Bertz CT molecular complexity index is 1240. The van der Waals surface area contributed by atoms with Crippen molar-refractivity contribution < 1.29 is 9.13 Å². The van der Waals surface area contributed by atoms with Gasteiger partial charge in [0.2, 0.25) is 0 Å². The lowest BCUT2D eigenvalue weighted by molar-refractivity contribution is 0.282. The number of allylic oxidation sites excluding steroid dienone is 1. The third kappa shape index (κ3) is 5.18. The van der Waals surface area contributed by atoms with Crippen LogP contribution in [0.1, 0.15) is 35.2 Å². The zero-order chi connectivity index (χ0) is 22.8. The van der Waals surface area contributed by atoms with Crippen molar-refractivity contribution in [1.82, 2.24) is 14.5 Å². The van der Waals surface area contributed by atoms with Crippen molar-refractivity contribution in [2.24, 2.45) is 0 Å². The normalized spacial score (nSPS) is 18.1. The summed E-state index contributed by atoms with van der Waals surface area (Å²) in [5.74, 6) is 0.506.